The highest BCUT2D eigenvalue weighted by molar-refractivity contribution is 7.94. The number of sulfone groups is 1. The summed E-state index contributed by atoms with van der Waals surface area (Å²) >= 11 is 0. The lowest BCUT2D eigenvalue weighted by atomic mass is 9.95. The third-order valence-corrected chi connectivity index (χ3v) is 8.80. The van der Waals surface area contributed by atoms with Crippen molar-refractivity contribution < 1.29 is 38.1 Å². The largest absolute Gasteiger partial charge is 0.504 e. The minimum Gasteiger partial charge on any atom is -0.504 e. The number of aliphatic carboxylic acids is 1. The van der Waals surface area contributed by atoms with Crippen molar-refractivity contribution in [3.8, 4) is 11.5 Å². The van der Waals surface area contributed by atoms with E-state index in [1.165, 1.54) is 56.5 Å². The maximum atomic E-state index is 13.0. The molecule has 2 aliphatic rings. The zero-order valence-electron chi connectivity index (χ0n) is 18.1. The van der Waals surface area contributed by atoms with E-state index < -0.39 is 43.8 Å². The number of rotatable bonds is 5. The molecule has 1 aromatic carbocycles. The number of aromatic hydroxyl groups is 2. The lowest BCUT2D eigenvalue weighted by Crippen LogP contribution is -2.58. The van der Waals surface area contributed by atoms with Gasteiger partial charge in [-0.05, 0) is 49.8 Å². The number of phenols is 2. The number of amides is 2. The number of hydrogen-bond donors (Lipinski definition) is 4. The normalized spacial score (nSPS) is 23.3. The third-order valence-electron chi connectivity index (χ3n) is 6.04. The van der Waals surface area contributed by atoms with Gasteiger partial charge < -0.3 is 25.5 Å². The van der Waals surface area contributed by atoms with E-state index in [-0.39, 0.29) is 34.9 Å². The minimum atomic E-state index is -4.02. The predicted molar refractivity (Wildman–Crippen MR) is 118 cm³/mol. The number of hydrogen-bond acceptors (Lipinski definition) is 8. The van der Waals surface area contributed by atoms with Crippen LogP contribution in [0.25, 0.3) is 6.08 Å². The lowest BCUT2D eigenvalue weighted by Gasteiger charge is -2.37. The topological polar surface area (TPSA) is 174 Å². The molecule has 34 heavy (non-hydrogen) atoms. The molecule has 0 saturated carbocycles. The van der Waals surface area contributed by atoms with Crippen LogP contribution < -0.4 is 5.32 Å². The van der Waals surface area contributed by atoms with Crippen molar-refractivity contribution in [2.75, 3.05) is 0 Å². The molecular weight excluding hydrogens is 466 g/mol. The van der Waals surface area contributed by atoms with Crippen LogP contribution >= 0.6 is 0 Å². The maximum absolute atomic E-state index is 13.0. The van der Waals surface area contributed by atoms with Gasteiger partial charge in [0.2, 0.25) is 0 Å². The van der Waals surface area contributed by atoms with Gasteiger partial charge in [0.1, 0.15) is 4.75 Å². The van der Waals surface area contributed by atoms with Gasteiger partial charge in [-0.1, -0.05) is 6.07 Å². The van der Waals surface area contributed by atoms with Gasteiger partial charge >= 0.3 is 5.97 Å². The van der Waals surface area contributed by atoms with Crippen LogP contribution in [0.4, 0.5) is 0 Å². The van der Waals surface area contributed by atoms with E-state index in [4.69, 9.17) is 0 Å². The van der Waals surface area contributed by atoms with Crippen LogP contribution in [0.15, 0.2) is 42.1 Å². The van der Waals surface area contributed by atoms with E-state index in [1.54, 1.807) is 0 Å². The first-order valence-electron chi connectivity index (χ1n) is 10.1. The van der Waals surface area contributed by atoms with E-state index in [1.807, 2.05) is 0 Å². The highest BCUT2D eigenvalue weighted by Gasteiger charge is 2.70. The molecule has 0 aliphatic carbocycles. The van der Waals surface area contributed by atoms with Crippen molar-refractivity contribution in [1.82, 2.24) is 15.2 Å². The average Bonchev–Trinajstić information content (AvgIpc) is 2.92. The van der Waals surface area contributed by atoms with Crippen LogP contribution in [-0.4, -0.2) is 67.6 Å². The summed E-state index contributed by atoms with van der Waals surface area (Å²) < 4.78 is 24.2. The van der Waals surface area contributed by atoms with Gasteiger partial charge in [0, 0.05) is 18.3 Å². The number of nitrogens with zero attached hydrogens (tertiary/aromatic N) is 2. The highest BCUT2D eigenvalue weighted by Crippen LogP contribution is 2.48. The van der Waals surface area contributed by atoms with E-state index in [9.17, 15) is 38.1 Å². The summed E-state index contributed by atoms with van der Waals surface area (Å²) in [7, 11) is -4.02. The van der Waals surface area contributed by atoms with Gasteiger partial charge in [-0.15, -0.1) is 0 Å². The number of β-lactam (4-membered cyclic amide) rings is 1. The molecule has 2 saturated heterocycles. The maximum Gasteiger partial charge on any atom is 0.328 e. The van der Waals surface area contributed by atoms with Crippen molar-refractivity contribution in [3.63, 3.8) is 0 Å². The van der Waals surface area contributed by atoms with Crippen LogP contribution in [0.2, 0.25) is 0 Å². The predicted octanol–water partition coefficient (Wildman–Crippen LogP) is 0.635. The molecule has 11 nitrogen and oxygen atoms in total. The van der Waals surface area contributed by atoms with Gasteiger partial charge in [0.15, 0.2) is 32.8 Å². The second-order valence-corrected chi connectivity index (χ2v) is 11.1. The van der Waals surface area contributed by atoms with Gasteiger partial charge in [0.25, 0.3) is 11.8 Å². The number of benzene rings is 1. The second-order valence-electron chi connectivity index (χ2n) is 8.53. The molecular formula is C22H21N3O8S. The summed E-state index contributed by atoms with van der Waals surface area (Å²) in [6, 6.07) is 5.42. The van der Waals surface area contributed by atoms with Crippen LogP contribution in [0.5, 0.6) is 11.5 Å². The Balaban J connectivity index is 1.56. The van der Waals surface area contributed by atoms with Crippen molar-refractivity contribution in [2.45, 2.75) is 36.6 Å². The molecule has 0 unspecified atom stereocenters. The molecule has 2 fully saturated rings. The summed E-state index contributed by atoms with van der Waals surface area (Å²) in [5, 5.41) is 29.7. The summed E-state index contributed by atoms with van der Waals surface area (Å²) in [4.78, 5) is 41.8. The number of phenolic OH excluding ortho intramolecular Hbond substituents is 2. The Kier molecular flexibility index (Phi) is 5.35. The third kappa shape index (κ3) is 3.46. The smallest absolute Gasteiger partial charge is 0.328 e. The fraction of sp³-hybridized carbons (Fsp3) is 0.273. The fourth-order valence-corrected chi connectivity index (χ4v) is 6.25. The molecule has 0 radical (unpaired) electrons. The molecule has 2 aromatic rings. The molecule has 2 atom stereocenters. The molecule has 2 amide bonds. The summed E-state index contributed by atoms with van der Waals surface area (Å²) in [6.45, 7) is 2.62. The number of nitrogens with one attached hydrogen (secondary N) is 1. The van der Waals surface area contributed by atoms with E-state index in [0.717, 1.165) is 4.90 Å². The molecule has 4 N–H and O–H groups in total. The second kappa shape index (κ2) is 7.83. The molecule has 1 aromatic heterocycles. The lowest BCUT2D eigenvalue weighted by molar-refractivity contribution is -0.152. The first-order chi connectivity index (χ1) is 15.9. The molecule has 12 heteroatoms. The Bertz CT molecular complexity index is 1370. The molecule has 0 spiro atoms. The molecule has 178 valence electrons. The Morgan fingerprint density at radius 3 is 2.53 bits per heavy atom. The number of carbonyl (C=O) groups is 3. The quantitative estimate of drug-likeness (QED) is 0.268. The molecule has 3 heterocycles. The Hall–Kier alpha value is -3.93. The number of carbonyl (C=O) groups excluding carboxylic acids is 2. The van der Waals surface area contributed by atoms with Gasteiger partial charge in [-0.25, -0.2) is 13.2 Å². The van der Waals surface area contributed by atoms with Crippen LogP contribution in [-0.2, 0) is 26.0 Å². The van der Waals surface area contributed by atoms with Crippen LogP contribution in [0.3, 0.4) is 0 Å². The Labute approximate surface area is 194 Å². The number of carboxylic acid groups (broad SMARTS) is 1. The first-order valence-corrected chi connectivity index (χ1v) is 11.7. The first kappa shape index (κ1) is 23.2. The van der Waals surface area contributed by atoms with Crippen LogP contribution in [0, 0.1) is 0 Å². The van der Waals surface area contributed by atoms with Gasteiger partial charge in [0.05, 0.1) is 11.3 Å². The number of fused-ring (bicyclic) bond motifs is 1. The standard InChI is InChI=1S/C22H21N3O8S/c1-22(2)17(21(30)31)25-19(29)14(20(25)34(22,32)33)9-13-8-12(5-6-23-13)18(28)24-10-11-3-4-15(26)16(27)7-11/h3-9,17,20,26-27H,10H2,1-2H3,(H,24,28)(H,30,31)/t17-,20+/m0/s1. The molecule has 0 bridgehead atoms. The minimum absolute atomic E-state index is 0.0604. The van der Waals surface area contributed by atoms with Crippen molar-refractivity contribution >= 4 is 33.7 Å². The Morgan fingerprint density at radius 2 is 1.88 bits per heavy atom. The fourth-order valence-electron chi connectivity index (χ4n) is 4.13. The van der Waals surface area contributed by atoms with Gasteiger partial charge in [-0.2, -0.15) is 0 Å². The van der Waals surface area contributed by atoms with E-state index >= 15 is 0 Å². The summed E-state index contributed by atoms with van der Waals surface area (Å²) in [5.41, 5.74) is 0.778. The highest BCUT2D eigenvalue weighted by atomic mass is 32.2. The van der Waals surface area contributed by atoms with E-state index in [2.05, 4.69) is 10.3 Å². The van der Waals surface area contributed by atoms with Crippen molar-refractivity contribution in [3.05, 3.63) is 58.9 Å². The summed E-state index contributed by atoms with van der Waals surface area (Å²) in [5.74, 6) is -3.21. The zero-order valence-corrected chi connectivity index (χ0v) is 18.9. The monoisotopic (exact) mass is 487 g/mol. The summed E-state index contributed by atoms with van der Waals surface area (Å²) in [6.07, 6.45) is 2.57. The number of aromatic nitrogens is 1. The number of pyridine rings is 1. The average molecular weight is 487 g/mol. The Morgan fingerprint density at radius 1 is 1.18 bits per heavy atom. The molecule has 4 rings (SSSR count). The van der Waals surface area contributed by atoms with Crippen molar-refractivity contribution in [2.24, 2.45) is 0 Å². The van der Waals surface area contributed by atoms with E-state index in [0.29, 0.717) is 5.56 Å². The van der Waals surface area contributed by atoms with Gasteiger partial charge in [-0.3, -0.25) is 14.6 Å². The zero-order chi connectivity index (χ0) is 25.0. The van der Waals surface area contributed by atoms with Crippen molar-refractivity contribution in [1.29, 1.82) is 0 Å². The number of carboxylic acids is 1. The SMILES string of the molecule is CC1(C)[C@H](C(=O)O)N2C(=O)C(=Cc3cc(C(=O)NCc4ccc(O)c(O)c4)ccn3)[C@H]2S1(=O)=O. The van der Waals surface area contributed by atoms with Crippen LogP contribution in [0.1, 0.15) is 35.5 Å². The molecule has 2 aliphatic heterocycles.